The molecule has 262 valence electrons. The van der Waals surface area contributed by atoms with Gasteiger partial charge in [0, 0.05) is 32.9 Å². The minimum Gasteiger partial charge on any atom is -0.309 e. The Morgan fingerprint density at radius 3 is 0.804 bits per heavy atom. The van der Waals surface area contributed by atoms with Gasteiger partial charge in [0.15, 0.2) is 0 Å². The molecule has 0 aliphatic carbocycles. The van der Waals surface area contributed by atoms with Crippen LogP contribution in [0.15, 0.2) is 218 Å². The van der Waals surface area contributed by atoms with Gasteiger partial charge in [-0.2, -0.15) is 0 Å². The molecule has 2 aromatic heterocycles. The van der Waals surface area contributed by atoms with E-state index in [1.807, 2.05) is 0 Å². The van der Waals surface area contributed by atoms with Crippen LogP contribution >= 0.6 is 0 Å². The lowest BCUT2D eigenvalue weighted by Gasteiger charge is -2.11. The number of nitrogens with zero attached hydrogens (tertiary/aromatic N) is 2. The molecule has 0 amide bonds. The normalized spacial score (nSPS) is 11.6. The first kappa shape index (κ1) is 32.0. The molecule has 0 aliphatic heterocycles. The number of aromatic nitrogens is 2. The second kappa shape index (κ2) is 13.2. The summed E-state index contributed by atoms with van der Waals surface area (Å²) in [5, 5.41) is 5.07. The average Bonchev–Trinajstić information content (AvgIpc) is 3.80. The van der Waals surface area contributed by atoms with Crippen LogP contribution in [0.5, 0.6) is 0 Å². The topological polar surface area (TPSA) is 9.86 Å². The molecule has 56 heavy (non-hydrogen) atoms. The van der Waals surface area contributed by atoms with Crippen LogP contribution in [0.2, 0.25) is 0 Å². The average molecular weight is 713 g/mol. The Kier molecular flexibility index (Phi) is 7.53. The molecule has 0 saturated heterocycles. The van der Waals surface area contributed by atoms with Gasteiger partial charge in [0.05, 0.1) is 22.1 Å². The Hall–Kier alpha value is -7.42. The third-order valence-corrected chi connectivity index (χ3v) is 11.4. The van der Waals surface area contributed by atoms with E-state index in [0.29, 0.717) is 0 Å². The van der Waals surface area contributed by atoms with Gasteiger partial charge in [-0.3, -0.25) is 0 Å². The molecule has 11 aromatic rings. The predicted molar refractivity (Wildman–Crippen MR) is 237 cm³/mol. The van der Waals surface area contributed by atoms with E-state index < -0.39 is 0 Å². The molecule has 11 rings (SSSR count). The maximum absolute atomic E-state index is 2.43. The number of fused-ring (bicyclic) bond motifs is 7. The van der Waals surface area contributed by atoms with Gasteiger partial charge < -0.3 is 9.13 Å². The molecule has 0 atom stereocenters. The molecule has 0 spiro atoms. The van der Waals surface area contributed by atoms with Crippen LogP contribution in [0.3, 0.4) is 0 Å². The summed E-state index contributed by atoms with van der Waals surface area (Å²) in [6, 6.07) is 79.2. The lowest BCUT2D eigenvalue weighted by Crippen LogP contribution is -1.95. The first-order valence-electron chi connectivity index (χ1n) is 19.3. The second-order valence-electron chi connectivity index (χ2n) is 14.5. The molecule has 2 heteroatoms. The Morgan fingerprint density at radius 1 is 0.196 bits per heavy atom. The zero-order chi connectivity index (χ0) is 37.0. The van der Waals surface area contributed by atoms with Crippen LogP contribution in [0.25, 0.3) is 99.5 Å². The van der Waals surface area contributed by atoms with Crippen molar-refractivity contribution in [1.29, 1.82) is 0 Å². The zero-order valence-electron chi connectivity index (χ0n) is 30.7. The highest BCUT2D eigenvalue weighted by Crippen LogP contribution is 2.42. The van der Waals surface area contributed by atoms with Crippen molar-refractivity contribution < 1.29 is 0 Å². The van der Waals surface area contributed by atoms with Crippen molar-refractivity contribution in [1.82, 2.24) is 9.13 Å². The van der Waals surface area contributed by atoms with Crippen molar-refractivity contribution in [2.24, 2.45) is 0 Å². The number of para-hydroxylation sites is 2. The van der Waals surface area contributed by atoms with Gasteiger partial charge in [0.25, 0.3) is 0 Å². The number of benzene rings is 9. The number of hydrogen-bond acceptors (Lipinski definition) is 0. The summed E-state index contributed by atoms with van der Waals surface area (Å²) in [5.74, 6) is 0. The summed E-state index contributed by atoms with van der Waals surface area (Å²) in [5.41, 5.74) is 16.9. The highest BCUT2D eigenvalue weighted by atomic mass is 15.0. The van der Waals surface area contributed by atoms with Gasteiger partial charge >= 0.3 is 0 Å². The van der Waals surface area contributed by atoms with Crippen molar-refractivity contribution in [3.8, 4) is 55.9 Å². The molecule has 0 N–H and O–H groups in total. The van der Waals surface area contributed by atoms with E-state index in [1.165, 1.54) is 88.1 Å². The van der Waals surface area contributed by atoms with Gasteiger partial charge in [-0.1, -0.05) is 170 Å². The van der Waals surface area contributed by atoms with E-state index in [-0.39, 0.29) is 0 Å². The first-order valence-corrected chi connectivity index (χ1v) is 19.3. The Labute approximate surface area is 325 Å². The molecular formula is C54H36N2. The van der Waals surface area contributed by atoms with Crippen LogP contribution in [0.1, 0.15) is 0 Å². The highest BCUT2D eigenvalue weighted by molar-refractivity contribution is 6.28. The third kappa shape index (κ3) is 5.26. The summed E-state index contributed by atoms with van der Waals surface area (Å²) in [6.07, 6.45) is 0. The summed E-state index contributed by atoms with van der Waals surface area (Å²) in [4.78, 5) is 0. The lowest BCUT2D eigenvalue weighted by atomic mass is 10.0. The quantitative estimate of drug-likeness (QED) is 0.162. The van der Waals surface area contributed by atoms with E-state index in [0.717, 1.165) is 11.4 Å². The van der Waals surface area contributed by atoms with Crippen LogP contribution in [0.4, 0.5) is 0 Å². The minimum absolute atomic E-state index is 1.15. The van der Waals surface area contributed by atoms with E-state index in [1.54, 1.807) is 0 Å². The van der Waals surface area contributed by atoms with E-state index in [9.17, 15) is 0 Å². The molecule has 0 saturated carbocycles. The van der Waals surface area contributed by atoms with Crippen LogP contribution in [-0.4, -0.2) is 9.13 Å². The van der Waals surface area contributed by atoms with E-state index in [4.69, 9.17) is 0 Å². The van der Waals surface area contributed by atoms with Gasteiger partial charge in [0.1, 0.15) is 0 Å². The van der Waals surface area contributed by atoms with Crippen LogP contribution in [0, 0.1) is 0 Å². The van der Waals surface area contributed by atoms with Gasteiger partial charge in [-0.25, -0.2) is 0 Å². The largest absolute Gasteiger partial charge is 0.309 e. The standard InChI is InChI=1S/C54H36N2/c1-3-11-37(12-4-1)39-19-23-41(24-20-39)43-27-31-45(32-28-43)55-49-17-9-7-15-47(49)53-51(55)35-36-52-54(53)48-16-8-10-18-50(48)56(52)46-33-29-44(30-34-46)42-25-21-40(22-26-42)38-13-5-2-6-14-38/h1-36H. The SMILES string of the molecule is c1ccc(-c2ccc(-c3ccc(-n4c5ccccc5c5c6c7ccccc7n(-c7ccc(-c8ccc(-c9ccccc9)cc8)cc7)c6ccc54)cc3)cc2)cc1. The smallest absolute Gasteiger partial charge is 0.0548 e. The van der Waals surface area contributed by atoms with Gasteiger partial charge in [-0.15, -0.1) is 0 Å². The van der Waals surface area contributed by atoms with Crippen molar-refractivity contribution >= 4 is 43.6 Å². The third-order valence-electron chi connectivity index (χ3n) is 11.4. The second-order valence-corrected chi connectivity index (χ2v) is 14.5. The fourth-order valence-electron chi connectivity index (χ4n) is 8.65. The molecule has 0 bridgehead atoms. The molecular weight excluding hydrogens is 677 g/mol. The molecule has 0 aliphatic rings. The summed E-state index contributed by atoms with van der Waals surface area (Å²) >= 11 is 0. The Morgan fingerprint density at radius 2 is 0.464 bits per heavy atom. The van der Waals surface area contributed by atoms with Crippen molar-refractivity contribution in [2.45, 2.75) is 0 Å². The van der Waals surface area contributed by atoms with Crippen LogP contribution < -0.4 is 0 Å². The van der Waals surface area contributed by atoms with E-state index >= 15 is 0 Å². The summed E-state index contributed by atoms with van der Waals surface area (Å²) < 4.78 is 4.85. The minimum atomic E-state index is 1.15. The predicted octanol–water partition coefficient (Wildman–Crippen LogP) is 14.5. The molecule has 2 heterocycles. The number of rotatable bonds is 6. The van der Waals surface area contributed by atoms with Crippen LogP contribution in [-0.2, 0) is 0 Å². The maximum Gasteiger partial charge on any atom is 0.0548 e. The molecule has 9 aromatic carbocycles. The Bertz CT molecular complexity index is 2950. The van der Waals surface area contributed by atoms with Gasteiger partial charge in [0.2, 0.25) is 0 Å². The van der Waals surface area contributed by atoms with Crippen molar-refractivity contribution in [3.05, 3.63) is 218 Å². The Balaban J connectivity index is 1.000. The molecule has 0 unspecified atom stereocenters. The summed E-state index contributed by atoms with van der Waals surface area (Å²) in [7, 11) is 0. The van der Waals surface area contributed by atoms with Crippen molar-refractivity contribution in [2.75, 3.05) is 0 Å². The monoisotopic (exact) mass is 712 g/mol. The lowest BCUT2D eigenvalue weighted by molar-refractivity contribution is 1.17. The zero-order valence-corrected chi connectivity index (χ0v) is 30.7. The molecule has 0 fully saturated rings. The molecule has 2 nitrogen and oxygen atoms in total. The fraction of sp³-hybridized carbons (Fsp3) is 0. The molecule has 0 radical (unpaired) electrons. The van der Waals surface area contributed by atoms with Crippen molar-refractivity contribution in [3.63, 3.8) is 0 Å². The number of hydrogen-bond donors (Lipinski definition) is 0. The fourth-order valence-corrected chi connectivity index (χ4v) is 8.65. The van der Waals surface area contributed by atoms with E-state index in [2.05, 4.69) is 228 Å². The summed E-state index contributed by atoms with van der Waals surface area (Å²) in [6.45, 7) is 0. The highest BCUT2D eigenvalue weighted by Gasteiger charge is 2.20. The maximum atomic E-state index is 2.43. The first-order chi connectivity index (χ1) is 27.8. The van der Waals surface area contributed by atoms with Gasteiger partial charge in [-0.05, 0) is 93.0 Å².